The first kappa shape index (κ1) is 44.6. The van der Waals surface area contributed by atoms with Gasteiger partial charge in [-0.2, -0.15) is 4.98 Å². The van der Waals surface area contributed by atoms with Crippen molar-refractivity contribution in [1.29, 1.82) is 0 Å². The lowest BCUT2D eigenvalue weighted by Crippen LogP contribution is -2.56. The second-order valence-corrected chi connectivity index (χ2v) is 18.4. The fraction of sp³-hybridized carbons (Fsp3) is 0.380. The number of carbonyl (C=O) groups is 2. The number of halogens is 3. The number of hydrogen-bond acceptors (Lipinski definition) is 10. The molecule has 0 spiro atoms. The number of benzene rings is 3. The van der Waals surface area contributed by atoms with Gasteiger partial charge in [0.15, 0.2) is 0 Å². The Morgan fingerprint density at radius 3 is 2.51 bits per heavy atom. The van der Waals surface area contributed by atoms with E-state index in [2.05, 4.69) is 39.4 Å². The molecule has 2 aliphatic carbocycles. The van der Waals surface area contributed by atoms with E-state index in [0.29, 0.717) is 90.2 Å². The predicted molar refractivity (Wildman–Crippen MR) is 247 cm³/mol. The molecule has 5 aromatic rings. The number of piperidine rings is 2. The molecule has 65 heavy (non-hydrogen) atoms. The van der Waals surface area contributed by atoms with Crippen LogP contribution in [0.2, 0.25) is 10.0 Å². The van der Waals surface area contributed by atoms with Crippen LogP contribution in [0.1, 0.15) is 84.4 Å². The van der Waals surface area contributed by atoms with Gasteiger partial charge in [0.2, 0.25) is 23.5 Å². The maximum atomic E-state index is 14.6. The van der Waals surface area contributed by atoms with Crippen LogP contribution in [-0.4, -0.2) is 70.9 Å². The van der Waals surface area contributed by atoms with Gasteiger partial charge in [0.1, 0.15) is 23.6 Å². The number of carboxylic acid groups (broad SMARTS) is 1. The third kappa shape index (κ3) is 9.42. The first-order chi connectivity index (χ1) is 31.5. The van der Waals surface area contributed by atoms with Crippen LogP contribution in [0.25, 0.3) is 22.4 Å². The quantitative estimate of drug-likeness (QED) is 0.0772. The average Bonchev–Trinajstić information content (AvgIpc) is 3.92. The Morgan fingerprint density at radius 2 is 1.74 bits per heavy atom. The van der Waals surface area contributed by atoms with Crippen molar-refractivity contribution < 1.29 is 33.3 Å². The van der Waals surface area contributed by atoms with Gasteiger partial charge in [-0.15, -0.1) is 0 Å². The number of aliphatic imine (C=N–C) groups is 1. The summed E-state index contributed by atoms with van der Waals surface area (Å²) in [5, 5.41) is 17.5. The number of nitrogens with one attached hydrogen (secondary N) is 2. The van der Waals surface area contributed by atoms with E-state index < -0.39 is 17.2 Å². The van der Waals surface area contributed by atoms with Gasteiger partial charge < -0.3 is 30.0 Å². The van der Waals surface area contributed by atoms with Crippen molar-refractivity contribution in [1.82, 2.24) is 25.5 Å². The predicted octanol–water partition coefficient (Wildman–Crippen LogP) is 9.31. The van der Waals surface area contributed by atoms with E-state index in [-0.39, 0.29) is 49.0 Å². The molecule has 2 aromatic heterocycles. The molecule has 12 nitrogen and oxygen atoms in total. The first-order valence-corrected chi connectivity index (χ1v) is 22.9. The lowest BCUT2D eigenvalue weighted by atomic mass is 9.67. The molecule has 4 fully saturated rings. The Bertz CT molecular complexity index is 2640. The number of hydrogen-bond donors (Lipinski definition) is 3. The summed E-state index contributed by atoms with van der Waals surface area (Å²) >= 11 is 14.3. The molecule has 15 heteroatoms. The summed E-state index contributed by atoms with van der Waals surface area (Å²) in [7, 11) is 1.60. The van der Waals surface area contributed by atoms with Gasteiger partial charge in [-0.3, -0.25) is 19.5 Å². The highest BCUT2D eigenvalue weighted by Gasteiger charge is 2.49. The number of fused-ring (bicyclic) bond motifs is 4. The monoisotopic (exact) mass is 920 g/mol. The van der Waals surface area contributed by atoms with Crippen molar-refractivity contribution in [3.63, 3.8) is 0 Å². The molecule has 3 N–H and O–H groups in total. The normalized spacial score (nSPS) is 21.2. The third-order valence-corrected chi connectivity index (χ3v) is 14.1. The van der Waals surface area contributed by atoms with E-state index in [1.54, 1.807) is 13.2 Å². The second kappa shape index (κ2) is 19.1. The summed E-state index contributed by atoms with van der Waals surface area (Å²) in [5.41, 5.74) is 7.48. The lowest BCUT2D eigenvalue weighted by molar-refractivity contribution is -0.160. The molecule has 3 aliphatic heterocycles. The van der Waals surface area contributed by atoms with E-state index in [1.165, 1.54) is 12.1 Å². The summed E-state index contributed by atoms with van der Waals surface area (Å²) in [6, 6.07) is 22.8. The zero-order valence-electron chi connectivity index (χ0n) is 36.2. The molecule has 5 heterocycles. The van der Waals surface area contributed by atoms with Gasteiger partial charge in [-0.1, -0.05) is 71.7 Å². The van der Waals surface area contributed by atoms with E-state index in [4.69, 9.17) is 47.4 Å². The van der Waals surface area contributed by atoms with Gasteiger partial charge in [0, 0.05) is 66.9 Å². The minimum Gasteiger partial charge on any atom is -0.481 e. The summed E-state index contributed by atoms with van der Waals surface area (Å²) in [6.45, 7) is 5.84. The number of carboxylic acids is 1. The molecule has 2 bridgehead atoms. The van der Waals surface area contributed by atoms with Crippen molar-refractivity contribution in [2.75, 3.05) is 20.2 Å². The molecule has 0 radical (unpaired) electrons. The fourth-order valence-electron chi connectivity index (χ4n) is 10.1. The molecule has 1 saturated carbocycles. The number of amides is 1. The van der Waals surface area contributed by atoms with Gasteiger partial charge in [-0.25, -0.2) is 9.37 Å². The van der Waals surface area contributed by atoms with E-state index in [0.717, 1.165) is 59.1 Å². The standard InChI is InChI=1S/C50H51Cl2FN6O6/c1-54-23-29-19-30(21-33(53)20-29)27-64-47-32(26-59-28-50(49(61)62)17-15-35(59)16-18-50)22-41(51)48(58-47)65-43-13-11-37-36(5-3-6-38(37)43)39-7-4-8-40(45(39)52)42-12-9-31(46(57-42)63-2)24-55-25-34-10-14-44(60)56-34/h3-9,12,19-22,34-35,43,55H,1,10-11,13-18,23-28H2,2H3,(H,56,60)(H,61,62)/t34-,35?,43-,50?/m0/s1. The van der Waals surface area contributed by atoms with Crippen molar-refractivity contribution in [3.8, 4) is 40.0 Å². The summed E-state index contributed by atoms with van der Waals surface area (Å²) in [5.74, 6) is -0.0930. The Morgan fingerprint density at radius 1 is 0.954 bits per heavy atom. The number of nitrogens with zero attached hydrogens (tertiary/aromatic N) is 4. The Hall–Kier alpha value is -5.60. The summed E-state index contributed by atoms with van der Waals surface area (Å²) in [6.07, 6.45) is 5.30. The lowest BCUT2D eigenvalue weighted by Gasteiger charge is -2.50. The topological polar surface area (TPSA) is 148 Å². The number of rotatable bonds is 17. The minimum atomic E-state index is -0.779. The Balaban J connectivity index is 0.964. The average molecular weight is 922 g/mol. The zero-order chi connectivity index (χ0) is 45.2. The Labute approximate surface area is 387 Å². The molecule has 0 unspecified atom stereocenters. The highest BCUT2D eigenvalue weighted by atomic mass is 35.5. The van der Waals surface area contributed by atoms with Crippen LogP contribution in [0, 0.1) is 11.2 Å². The maximum Gasteiger partial charge on any atom is 0.310 e. The zero-order valence-corrected chi connectivity index (χ0v) is 37.7. The number of carbonyl (C=O) groups excluding carboxylic acids is 1. The minimum absolute atomic E-state index is 0.0208. The summed E-state index contributed by atoms with van der Waals surface area (Å²) < 4.78 is 33.4. The highest BCUT2D eigenvalue weighted by Crippen LogP contribution is 2.47. The smallest absolute Gasteiger partial charge is 0.310 e. The molecule has 5 aliphatic rings. The van der Waals surface area contributed by atoms with Gasteiger partial charge >= 0.3 is 5.97 Å². The van der Waals surface area contributed by atoms with Crippen LogP contribution >= 0.6 is 23.2 Å². The molecule has 3 aromatic carbocycles. The van der Waals surface area contributed by atoms with Crippen LogP contribution in [0.15, 0.2) is 77.8 Å². The number of aliphatic carboxylic acids is 1. The van der Waals surface area contributed by atoms with Gasteiger partial charge in [0.05, 0.1) is 29.8 Å². The van der Waals surface area contributed by atoms with Crippen molar-refractivity contribution in [2.45, 2.75) is 95.8 Å². The van der Waals surface area contributed by atoms with Crippen molar-refractivity contribution in [2.24, 2.45) is 10.4 Å². The molecular weight excluding hydrogens is 870 g/mol. The van der Waals surface area contributed by atoms with Crippen molar-refractivity contribution >= 4 is 41.8 Å². The molecule has 3 saturated heterocycles. The molecule has 10 rings (SSSR count). The van der Waals surface area contributed by atoms with Crippen LogP contribution in [0.3, 0.4) is 0 Å². The Kier molecular flexibility index (Phi) is 13.1. The van der Waals surface area contributed by atoms with Crippen LogP contribution in [-0.2, 0) is 42.3 Å². The number of aromatic nitrogens is 2. The molecule has 1 amide bonds. The SMILES string of the molecule is C=NCc1cc(F)cc(COc2nc(O[C@H]3CCc4c(-c5cccc(-c6ccc(CNC[C@@H]7CCC(=O)N7)c(OC)n6)c5Cl)cccc43)c(Cl)cc2CN2CC3(C(=O)O)CCC2CC3)c1. The van der Waals surface area contributed by atoms with E-state index in [1.807, 2.05) is 42.5 Å². The molecular formula is C50H51Cl2FN6O6. The van der Waals surface area contributed by atoms with Crippen LogP contribution in [0.5, 0.6) is 17.6 Å². The first-order valence-electron chi connectivity index (χ1n) is 22.1. The number of ether oxygens (including phenoxy) is 3. The van der Waals surface area contributed by atoms with E-state index >= 15 is 0 Å². The van der Waals surface area contributed by atoms with Gasteiger partial charge in [0.25, 0.3) is 0 Å². The third-order valence-electron chi connectivity index (χ3n) is 13.4. The number of methoxy groups -OCH3 is 1. The molecule has 338 valence electrons. The summed E-state index contributed by atoms with van der Waals surface area (Å²) in [4.78, 5) is 39.9. The fourth-order valence-corrected chi connectivity index (χ4v) is 10.6. The van der Waals surface area contributed by atoms with Crippen LogP contribution in [0.4, 0.5) is 4.39 Å². The van der Waals surface area contributed by atoms with E-state index in [9.17, 15) is 19.1 Å². The number of pyridine rings is 2. The molecule has 2 atom stereocenters. The van der Waals surface area contributed by atoms with Crippen molar-refractivity contribution in [3.05, 3.63) is 122 Å². The second-order valence-electron chi connectivity index (χ2n) is 17.6. The largest absolute Gasteiger partial charge is 0.481 e. The maximum absolute atomic E-state index is 14.6. The van der Waals surface area contributed by atoms with Gasteiger partial charge in [-0.05, 0) is 104 Å². The highest BCUT2D eigenvalue weighted by molar-refractivity contribution is 6.36. The van der Waals surface area contributed by atoms with Crippen LogP contribution < -0.4 is 24.8 Å².